The molecule has 2 rings (SSSR count). The normalized spacial score (nSPS) is 11.7. The van der Waals surface area contributed by atoms with E-state index in [9.17, 15) is 9.65 Å². The molecule has 0 bridgehead atoms. The van der Waals surface area contributed by atoms with E-state index in [0.717, 1.165) is 11.3 Å². The SMILES string of the molecule is Cc1ccccc1NC(C#N)c1cc(F)ccc1Br. The van der Waals surface area contributed by atoms with Gasteiger partial charge in [-0.15, -0.1) is 0 Å². The Bertz CT molecular complexity index is 634. The van der Waals surface area contributed by atoms with Gasteiger partial charge in [0.25, 0.3) is 0 Å². The average molecular weight is 319 g/mol. The molecule has 0 radical (unpaired) electrons. The van der Waals surface area contributed by atoms with Crippen LogP contribution in [0.5, 0.6) is 0 Å². The molecular formula is C15H12BrFN2. The molecule has 0 saturated heterocycles. The van der Waals surface area contributed by atoms with Gasteiger partial charge in [-0.3, -0.25) is 0 Å². The second-order valence-corrected chi connectivity index (χ2v) is 5.04. The maximum atomic E-state index is 13.3. The number of hydrogen-bond donors (Lipinski definition) is 1. The van der Waals surface area contributed by atoms with Crippen molar-refractivity contribution >= 4 is 21.6 Å². The van der Waals surface area contributed by atoms with Crippen LogP contribution in [0.3, 0.4) is 0 Å². The van der Waals surface area contributed by atoms with Crippen LogP contribution in [0, 0.1) is 24.1 Å². The molecule has 0 spiro atoms. The van der Waals surface area contributed by atoms with Crippen molar-refractivity contribution in [3.05, 3.63) is 63.9 Å². The number of nitrogens with one attached hydrogen (secondary N) is 1. The minimum atomic E-state index is -0.605. The fraction of sp³-hybridized carbons (Fsp3) is 0.133. The van der Waals surface area contributed by atoms with Crippen LogP contribution in [-0.2, 0) is 0 Å². The molecular weight excluding hydrogens is 307 g/mol. The van der Waals surface area contributed by atoms with Gasteiger partial charge in [0.05, 0.1) is 6.07 Å². The van der Waals surface area contributed by atoms with Crippen LogP contribution in [0.1, 0.15) is 17.2 Å². The highest BCUT2D eigenvalue weighted by Crippen LogP contribution is 2.28. The number of anilines is 1. The van der Waals surface area contributed by atoms with E-state index >= 15 is 0 Å². The third kappa shape index (κ3) is 3.12. The summed E-state index contributed by atoms with van der Waals surface area (Å²) in [5, 5.41) is 12.4. The molecule has 96 valence electrons. The molecule has 0 saturated carbocycles. The summed E-state index contributed by atoms with van der Waals surface area (Å²) in [7, 11) is 0. The van der Waals surface area contributed by atoms with E-state index in [1.54, 1.807) is 6.07 Å². The lowest BCUT2D eigenvalue weighted by Crippen LogP contribution is -2.10. The van der Waals surface area contributed by atoms with Gasteiger partial charge in [-0.25, -0.2) is 4.39 Å². The predicted molar refractivity (Wildman–Crippen MR) is 77.3 cm³/mol. The van der Waals surface area contributed by atoms with E-state index in [1.165, 1.54) is 12.1 Å². The first-order chi connectivity index (χ1) is 9.11. The number of aryl methyl sites for hydroxylation is 1. The van der Waals surface area contributed by atoms with E-state index < -0.39 is 6.04 Å². The zero-order valence-electron chi connectivity index (χ0n) is 10.3. The molecule has 0 aliphatic rings. The Morgan fingerprint density at radius 3 is 2.68 bits per heavy atom. The molecule has 4 heteroatoms. The monoisotopic (exact) mass is 318 g/mol. The number of rotatable bonds is 3. The molecule has 0 aliphatic heterocycles. The van der Waals surface area contributed by atoms with Gasteiger partial charge in [0.1, 0.15) is 11.9 Å². The van der Waals surface area contributed by atoms with Crippen molar-refractivity contribution in [1.82, 2.24) is 0 Å². The first kappa shape index (κ1) is 13.6. The van der Waals surface area contributed by atoms with Gasteiger partial charge >= 0.3 is 0 Å². The minimum Gasteiger partial charge on any atom is -0.366 e. The number of nitriles is 1. The molecule has 1 unspecified atom stereocenters. The Morgan fingerprint density at radius 2 is 2.00 bits per heavy atom. The van der Waals surface area contributed by atoms with Crippen LogP contribution in [0.25, 0.3) is 0 Å². The molecule has 0 aromatic heterocycles. The zero-order valence-corrected chi connectivity index (χ0v) is 11.9. The van der Waals surface area contributed by atoms with E-state index in [1.807, 2.05) is 31.2 Å². The van der Waals surface area contributed by atoms with Gasteiger partial charge in [-0.1, -0.05) is 34.1 Å². The Morgan fingerprint density at radius 1 is 1.26 bits per heavy atom. The quantitative estimate of drug-likeness (QED) is 0.899. The van der Waals surface area contributed by atoms with Gasteiger partial charge < -0.3 is 5.32 Å². The Kier molecular flexibility index (Phi) is 4.18. The van der Waals surface area contributed by atoms with E-state index in [2.05, 4.69) is 27.3 Å². The number of para-hydroxylation sites is 1. The number of hydrogen-bond acceptors (Lipinski definition) is 2. The Labute approximate surface area is 120 Å². The average Bonchev–Trinajstić information content (AvgIpc) is 2.41. The second-order valence-electron chi connectivity index (χ2n) is 4.19. The number of nitrogens with zero attached hydrogens (tertiary/aromatic N) is 1. The summed E-state index contributed by atoms with van der Waals surface area (Å²) >= 11 is 3.35. The lowest BCUT2D eigenvalue weighted by molar-refractivity contribution is 0.624. The molecule has 1 N–H and O–H groups in total. The van der Waals surface area contributed by atoms with Crippen LogP contribution in [0.2, 0.25) is 0 Å². The molecule has 2 aromatic carbocycles. The van der Waals surface area contributed by atoms with E-state index in [4.69, 9.17) is 0 Å². The summed E-state index contributed by atoms with van der Waals surface area (Å²) in [5.41, 5.74) is 2.49. The van der Waals surface area contributed by atoms with Gasteiger partial charge in [-0.2, -0.15) is 5.26 Å². The fourth-order valence-electron chi connectivity index (χ4n) is 1.81. The highest BCUT2D eigenvalue weighted by molar-refractivity contribution is 9.10. The third-order valence-corrected chi connectivity index (χ3v) is 3.57. The summed E-state index contributed by atoms with van der Waals surface area (Å²) in [6.07, 6.45) is 0. The standard InChI is InChI=1S/C15H12BrFN2/c1-10-4-2-3-5-14(10)19-15(9-18)12-8-11(17)6-7-13(12)16/h2-8,15,19H,1H3. The smallest absolute Gasteiger partial charge is 0.141 e. The van der Waals surface area contributed by atoms with Gasteiger partial charge in [0.15, 0.2) is 0 Å². The molecule has 0 aliphatic carbocycles. The Hall–Kier alpha value is -1.86. The third-order valence-electron chi connectivity index (χ3n) is 2.84. The molecule has 2 nitrogen and oxygen atoms in total. The molecule has 0 amide bonds. The highest BCUT2D eigenvalue weighted by Gasteiger charge is 2.15. The fourth-order valence-corrected chi connectivity index (χ4v) is 2.28. The van der Waals surface area contributed by atoms with Crippen LogP contribution in [0.15, 0.2) is 46.9 Å². The topological polar surface area (TPSA) is 35.8 Å². The summed E-state index contributed by atoms with van der Waals surface area (Å²) in [5.74, 6) is -0.356. The largest absolute Gasteiger partial charge is 0.366 e. The molecule has 2 aromatic rings. The van der Waals surface area contributed by atoms with Crippen LogP contribution in [-0.4, -0.2) is 0 Å². The molecule has 0 heterocycles. The predicted octanol–water partition coefficient (Wildman–Crippen LogP) is 4.57. The Balaban J connectivity index is 2.34. The van der Waals surface area contributed by atoms with Crippen LogP contribution < -0.4 is 5.32 Å². The zero-order chi connectivity index (χ0) is 13.8. The number of halogens is 2. The maximum Gasteiger partial charge on any atom is 0.141 e. The molecule has 1 atom stereocenters. The summed E-state index contributed by atoms with van der Waals surface area (Å²) < 4.78 is 14.0. The summed E-state index contributed by atoms with van der Waals surface area (Å²) in [6.45, 7) is 1.96. The van der Waals surface area contributed by atoms with E-state index in [0.29, 0.717) is 10.0 Å². The van der Waals surface area contributed by atoms with Crippen LogP contribution >= 0.6 is 15.9 Å². The highest BCUT2D eigenvalue weighted by atomic mass is 79.9. The first-order valence-electron chi connectivity index (χ1n) is 5.78. The summed E-state index contributed by atoms with van der Waals surface area (Å²) in [4.78, 5) is 0. The van der Waals surface area contributed by atoms with Gasteiger partial charge in [0, 0.05) is 15.7 Å². The van der Waals surface area contributed by atoms with Crippen LogP contribution in [0.4, 0.5) is 10.1 Å². The van der Waals surface area contributed by atoms with E-state index in [-0.39, 0.29) is 5.82 Å². The maximum absolute atomic E-state index is 13.3. The van der Waals surface area contributed by atoms with Crippen molar-refractivity contribution in [3.8, 4) is 6.07 Å². The van der Waals surface area contributed by atoms with Crippen molar-refractivity contribution in [1.29, 1.82) is 5.26 Å². The minimum absolute atomic E-state index is 0.356. The second kappa shape index (κ2) is 5.85. The lowest BCUT2D eigenvalue weighted by atomic mass is 10.1. The lowest BCUT2D eigenvalue weighted by Gasteiger charge is -2.16. The van der Waals surface area contributed by atoms with Crippen molar-refractivity contribution in [2.24, 2.45) is 0 Å². The van der Waals surface area contributed by atoms with Crippen molar-refractivity contribution < 1.29 is 4.39 Å². The first-order valence-corrected chi connectivity index (χ1v) is 6.58. The van der Waals surface area contributed by atoms with Gasteiger partial charge in [0.2, 0.25) is 0 Å². The number of benzene rings is 2. The molecule has 19 heavy (non-hydrogen) atoms. The van der Waals surface area contributed by atoms with Gasteiger partial charge in [-0.05, 0) is 36.8 Å². The van der Waals surface area contributed by atoms with Crippen molar-refractivity contribution in [3.63, 3.8) is 0 Å². The summed E-state index contributed by atoms with van der Waals surface area (Å²) in [6, 6.07) is 13.6. The molecule has 0 fully saturated rings. The van der Waals surface area contributed by atoms with Crippen molar-refractivity contribution in [2.45, 2.75) is 13.0 Å². The van der Waals surface area contributed by atoms with Crippen molar-refractivity contribution in [2.75, 3.05) is 5.32 Å².